The lowest BCUT2D eigenvalue weighted by molar-refractivity contribution is -0.118. The first-order valence-corrected chi connectivity index (χ1v) is 7.68. The number of nitrogens with one attached hydrogen (secondary N) is 1. The minimum atomic E-state index is -0.577. The molecule has 0 saturated carbocycles. The average molecular weight is 352 g/mol. The second-order valence-corrected chi connectivity index (χ2v) is 5.31. The molecule has 2 amide bonds. The average Bonchev–Trinajstić information content (AvgIpc) is 3.09. The molecule has 0 unspecified atom stereocenters. The van der Waals surface area contributed by atoms with Gasteiger partial charge in [0.25, 0.3) is 5.91 Å². The van der Waals surface area contributed by atoms with Crippen LogP contribution in [0.3, 0.4) is 0 Å². The zero-order chi connectivity index (χ0) is 18.5. The fraction of sp³-hybridized carbons (Fsp3) is 0.118. The molecule has 132 valence electrons. The Balaban J connectivity index is 1.89. The van der Waals surface area contributed by atoms with Gasteiger partial charge in [-0.3, -0.25) is 9.59 Å². The Morgan fingerprint density at radius 1 is 1.15 bits per heavy atom. The molecule has 1 aromatic heterocycles. The van der Waals surface area contributed by atoms with Gasteiger partial charge in [0.1, 0.15) is 12.3 Å². The van der Waals surface area contributed by atoms with Crippen molar-refractivity contribution in [1.29, 1.82) is 0 Å². The van der Waals surface area contributed by atoms with Gasteiger partial charge in [0.15, 0.2) is 0 Å². The fourth-order valence-electron chi connectivity index (χ4n) is 2.37. The third kappa shape index (κ3) is 3.66. The number of methoxy groups -OCH3 is 1. The van der Waals surface area contributed by atoms with Gasteiger partial charge in [-0.15, -0.1) is 10.2 Å². The van der Waals surface area contributed by atoms with Crippen LogP contribution in [0.15, 0.2) is 48.5 Å². The zero-order valence-electron chi connectivity index (χ0n) is 13.9. The summed E-state index contributed by atoms with van der Waals surface area (Å²) >= 11 is 0. The van der Waals surface area contributed by atoms with Crippen molar-refractivity contribution in [2.24, 2.45) is 5.73 Å². The molecule has 0 bridgehead atoms. The number of nitrogens with zero attached hydrogens (tertiary/aromatic N) is 4. The minimum absolute atomic E-state index is 0.178. The van der Waals surface area contributed by atoms with Crippen molar-refractivity contribution >= 4 is 17.5 Å². The van der Waals surface area contributed by atoms with Crippen LogP contribution in [0.4, 0.5) is 5.69 Å². The van der Waals surface area contributed by atoms with Crippen LogP contribution in [-0.4, -0.2) is 39.1 Å². The molecule has 26 heavy (non-hydrogen) atoms. The van der Waals surface area contributed by atoms with Gasteiger partial charge in [-0.1, -0.05) is 24.3 Å². The number of hydrogen-bond donors (Lipinski definition) is 2. The number of benzene rings is 2. The monoisotopic (exact) mass is 352 g/mol. The summed E-state index contributed by atoms with van der Waals surface area (Å²) in [7, 11) is 1.50. The van der Waals surface area contributed by atoms with Crippen molar-refractivity contribution in [3.8, 4) is 17.1 Å². The van der Waals surface area contributed by atoms with E-state index >= 15 is 0 Å². The molecule has 9 heteroatoms. The zero-order valence-corrected chi connectivity index (χ0v) is 13.9. The molecule has 0 fully saturated rings. The summed E-state index contributed by atoms with van der Waals surface area (Å²) in [6.07, 6.45) is 0. The van der Waals surface area contributed by atoms with E-state index in [0.717, 1.165) is 4.80 Å². The smallest absolute Gasteiger partial charge is 0.259 e. The van der Waals surface area contributed by atoms with Gasteiger partial charge in [0, 0.05) is 5.56 Å². The topological polar surface area (TPSA) is 125 Å². The lowest BCUT2D eigenvalue weighted by Gasteiger charge is -2.11. The number of ether oxygens (including phenoxy) is 1. The van der Waals surface area contributed by atoms with E-state index in [1.807, 2.05) is 0 Å². The molecule has 0 aliphatic heterocycles. The van der Waals surface area contributed by atoms with Gasteiger partial charge in [0.05, 0.1) is 18.4 Å². The molecule has 1 heterocycles. The van der Waals surface area contributed by atoms with Crippen LogP contribution in [0.5, 0.6) is 5.75 Å². The molecule has 0 aliphatic carbocycles. The number of hydrogen-bond acceptors (Lipinski definition) is 6. The Hall–Kier alpha value is -3.75. The van der Waals surface area contributed by atoms with Gasteiger partial charge < -0.3 is 15.8 Å². The van der Waals surface area contributed by atoms with E-state index in [4.69, 9.17) is 10.5 Å². The minimum Gasteiger partial charge on any atom is -0.496 e. The first-order valence-electron chi connectivity index (χ1n) is 7.68. The van der Waals surface area contributed by atoms with E-state index in [0.29, 0.717) is 22.6 Å². The number of carbonyl (C=O) groups is 2. The predicted molar refractivity (Wildman–Crippen MR) is 93.4 cm³/mol. The maximum Gasteiger partial charge on any atom is 0.259 e. The van der Waals surface area contributed by atoms with E-state index in [1.165, 1.54) is 7.11 Å². The predicted octanol–water partition coefficient (Wildman–Crippen LogP) is 1.09. The normalized spacial score (nSPS) is 10.3. The number of anilines is 1. The van der Waals surface area contributed by atoms with Crippen LogP contribution < -0.4 is 15.8 Å². The summed E-state index contributed by atoms with van der Waals surface area (Å²) in [5.41, 5.74) is 6.59. The van der Waals surface area contributed by atoms with Crippen LogP contribution in [0.2, 0.25) is 0 Å². The summed E-state index contributed by atoms with van der Waals surface area (Å²) in [5, 5.41) is 14.6. The number of tetrazole rings is 1. The molecule has 3 aromatic rings. The summed E-state index contributed by atoms with van der Waals surface area (Å²) in [5.74, 6) is -0.179. The van der Waals surface area contributed by atoms with Crippen molar-refractivity contribution in [3.63, 3.8) is 0 Å². The molecule has 0 spiro atoms. The first kappa shape index (κ1) is 17.1. The van der Waals surface area contributed by atoms with Gasteiger partial charge in [-0.25, -0.2) is 0 Å². The number of amides is 2. The van der Waals surface area contributed by atoms with Gasteiger partial charge in [0.2, 0.25) is 11.7 Å². The lowest BCUT2D eigenvalue weighted by atomic mass is 10.1. The molecule has 2 aromatic carbocycles. The molecule has 0 atom stereocenters. The van der Waals surface area contributed by atoms with E-state index in [1.54, 1.807) is 48.5 Å². The van der Waals surface area contributed by atoms with Crippen LogP contribution >= 0.6 is 0 Å². The third-order valence-corrected chi connectivity index (χ3v) is 3.52. The highest BCUT2D eigenvalue weighted by molar-refractivity contribution is 6.07. The quantitative estimate of drug-likeness (QED) is 0.684. The third-order valence-electron chi connectivity index (χ3n) is 3.52. The number of rotatable bonds is 6. The number of primary amides is 1. The van der Waals surface area contributed by atoms with E-state index in [-0.39, 0.29) is 18.3 Å². The molecule has 3 rings (SSSR count). The van der Waals surface area contributed by atoms with Crippen LogP contribution in [0.25, 0.3) is 11.4 Å². The molecular weight excluding hydrogens is 336 g/mol. The number of nitrogens with two attached hydrogens (primary N) is 1. The molecule has 3 N–H and O–H groups in total. The highest BCUT2D eigenvalue weighted by atomic mass is 16.5. The summed E-state index contributed by atoms with van der Waals surface area (Å²) in [6.45, 7) is -0.178. The first-order chi connectivity index (χ1) is 12.6. The molecule has 0 aliphatic rings. The molecule has 0 saturated heterocycles. The molecule has 0 radical (unpaired) electrons. The largest absolute Gasteiger partial charge is 0.496 e. The maximum atomic E-state index is 12.6. The lowest BCUT2D eigenvalue weighted by Crippen LogP contribution is -2.20. The second-order valence-electron chi connectivity index (χ2n) is 5.31. The van der Waals surface area contributed by atoms with Gasteiger partial charge in [-0.05, 0) is 29.5 Å². The van der Waals surface area contributed by atoms with Crippen LogP contribution in [0, 0.1) is 0 Å². The van der Waals surface area contributed by atoms with E-state index < -0.39 is 5.91 Å². The van der Waals surface area contributed by atoms with Crippen molar-refractivity contribution in [2.45, 2.75) is 6.54 Å². The second kappa shape index (κ2) is 7.43. The highest BCUT2D eigenvalue weighted by Gasteiger charge is 2.16. The summed E-state index contributed by atoms with van der Waals surface area (Å²) in [4.78, 5) is 24.7. The van der Waals surface area contributed by atoms with E-state index in [9.17, 15) is 9.59 Å². The van der Waals surface area contributed by atoms with Gasteiger partial charge in [-0.2, -0.15) is 4.80 Å². The maximum absolute atomic E-state index is 12.6. The van der Waals surface area contributed by atoms with Gasteiger partial charge >= 0.3 is 0 Å². The Kier molecular flexibility index (Phi) is 4.88. The summed E-state index contributed by atoms with van der Waals surface area (Å²) in [6, 6.07) is 13.9. The fourth-order valence-corrected chi connectivity index (χ4v) is 2.37. The van der Waals surface area contributed by atoms with Crippen molar-refractivity contribution in [3.05, 3.63) is 54.1 Å². The summed E-state index contributed by atoms with van der Waals surface area (Å²) < 4.78 is 5.22. The Labute approximate surface area is 148 Å². The SMILES string of the molecule is COc1ccccc1C(=O)Nc1ccccc1-c1nnn(CC(N)=O)n1. The van der Waals surface area contributed by atoms with Crippen molar-refractivity contribution < 1.29 is 14.3 Å². The molecule has 9 nitrogen and oxygen atoms in total. The van der Waals surface area contributed by atoms with Crippen molar-refractivity contribution in [1.82, 2.24) is 20.2 Å². The standard InChI is InChI=1S/C17H16N6O3/c1-26-14-9-5-3-7-12(14)17(25)19-13-8-4-2-6-11(13)16-20-22-23(21-16)10-15(18)24/h2-9H,10H2,1H3,(H2,18,24)(H,19,25). The highest BCUT2D eigenvalue weighted by Crippen LogP contribution is 2.26. The van der Waals surface area contributed by atoms with Crippen LogP contribution in [0.1, 0.15) is 10.4 Å². The number of carbonyl (C=O) groups excluding carboxylic acids is 2. The Bertz CT molecular complexity index is 953. The van der Waals surface area contributed by atoms with Crippen LogP contribution in [-0.2, 0) is 11.3 Å². The van der Waals surface area contributed by atoms with E-state index in [2.05, 4.69) is 20.7 Å². The Morgan fingerprint density at radius 3 is 2.65 bits per heavy atom. The number of aromatic nitrogens is 4. The Morgan fingerprint density at radius 2 is 1.88 bits per heavy atom. The van der Waals surface area contributed by atoms with Crippen molar-refractivity contribution in [2.75, 3.05) is 12.4 Å². The number of para-hydroxylation sites is 2. The molecular formula is C17H16N6O3.